The van der Waals surface area contributed by atoms with Gasteiger partial charge in [0.05, 0.1) is 11.4 Å². The minimum Gasteiger partial charge on any atom is -0.477 e. The van der Waals surface area contributed by atoms with Gasteiger partial charge in [0.15, 0.2) is 5.60 Å². The maximum Gasteiger partial charge on any atom is 0.541 e. The molecule has 8 heteroatoms. The highest BCUT2D eigenvalue weighted by Gasteiger charge is 2.72. The van der Waals surface area contributed by atoms with Gasteiger partial charge in [0, 0.05) is 17.9 Å². The third-order valence-corrected chi connectivity index (χ3v) is 6.60. The fraction of sp³-hybridized carbons (Fsp3) is 0.231. The quantitative estimate of drug-likeness (QED) is 0.339. The molecule has 3 rings (SSSR count). The first-order valence-corrected chi connectivity index (χ1v) is 11.7. The predicted octanol–water partition coefficient (Wildman–Crippen LogP) is 4.54. The fourth-order valence-electron chi connectivity index (χ4n) is 3.61. The third kappa shape index (κ3) is 4.90. The lowest BCUT2D eigenvalue weighted by Crippen LogP contribution is -2.55. The van der Waals surface area contributed by atoms with Crippen LogP contribution in [0.3, 0.4) is 0 Å². The number of rotatable bonds is 7. The summed E-state index contributed by atoms with van der Waals surface area (Å²) in [5.74, 6) is 2.43. The van der Waals surface area contributed by atoms with E-state index in [1.165, 1.54) is 18.2 Å². The van der Waals surface area contributed by atoms with E-state index in [1.807, 2.05) is 6.07 Å². The predicted molar refractivity (Wildman–Crippen MR) is 126 cm³/mol. The van der Waals surface area contributed by atoms with Crippen molar-refractivity contribution in [2.75, 3.05) is 0 Å². The molecule has 0 aliphatic heterocycles. The van der Waals surface area contributed by atoms with Gasteiger partial charge in [-0.3, -0.25) is 0 Å². The molecule has 0 aliphatic carbocycles. The van der Waals surface area contributed by atoms with Gasteiger partial charge in [-0.25, -0.2) is 14.2 Å². The number of aliphatic hydroxyl groups is 1. The van der Waals surface area contributed by atoms with Crippen molar-refractivity contribution in [3.63, 3.8) is 0 Å². The van der Waals surface area contributed by atoms with E-state index in [2.05, 4.69) is 16.8 Å². The highest BCUT2D eigenvalue weighted by Crippen LogP contribution is 2.50. The molecule has 0 saturated heterocycles. The molecule has 3 aromatic rings. The number of aromatic nitrogens is 1. The minimum atomic E-state index is -3.58. The first-order chi connectivity index (χ1) is 16.1. The van der Waals surface area contributed by atoms with Crippen LogP contribution in [0.2, 0.25) is 0 Å². The first-order valence-electron chi connectivity index (χ1n) is 10.5. The zero-order chi connectivity index (χ0) is 24.9. The van der Waals surface area contributed by atoms with E-state index >= 15 is 0 Å². The van der Waals surface area contributed by atoms with Crippen molar-refractivity contribution in [2.45, 2.75) is 31.0 Å². The Morgan fingerprint density at radius 2 is 1.71 bits per heavy atom. The normalized spacial score (nSPS) is 14.9. The van der Waals surface area contributed by atoms with Crippen molar-refractivity contribution < 1.29 is 28.9 Å². The van der Waals surface area contributed by atoms with Crippen LogP contribution in [0.1, 0.15) is 25.1 Å². The van der Waals surface area contributed by atoms with Crippen LogP contribution < -0.4 is 0 Å². The average molecular weight is 480 g/mol. The average Bonchev–Trinajstić information content (AvgIpc) is 2.81. The maximum absolute atomic E-state index is 13.5. The van der Waals surface area contributed by atoms with Crippen LogP contribution in [0.15, 0.2) is 72.8 Å². The molecule has 0 aliphatic rings. The van der Waals surface area contributed by atoms with Gasteiger partial charge in [0.1, 0.15) is 5.82 Å². The van der Waals surface area contributed by atoms with Crippen molar-refractivity contribution in [3.05, 3.63) is 89.9 Å². The molecule has 3 atom stereocenters. The number of hydrogen-bond acceptors (Lipinski definition) is 4. The van der Waals surface area contributed by atoms with Gasteiger partial charge in [0.2, 0.25) is 0 Å². The summed E-state index contributed by atoms with van der Waals surface area (Å²) < 4.78 is 26.2. The van der Waals surface area contributed by atoms with E-state index in [0.29, 0.717) is 16.8 Å². The second-order valence-electron chi connectivity index (χ2n) is 8.15. The van der Waals surface area contributed by atoms with Crippen LogP contribution in [0, 0.1) is 23.6 Å². The summed E-state index contributed by atoms with van der Waals surface area (Å²) in [4.78, 5) is 27.4. The molecule has 3 N–H and O–H groups in total. The van der Waals surface area contributed by atoms with Gasteiger partial charge in [0.25, 0.3) is 0 Å². The van der Waals surface area contributed by atoms with E-state index < -0.39 is 37.0 Å². The first kappa shape index (κ1) is 25.2. The fourth-order valence-corrected chi connectivity index (χ4v) is 4.44. The largest absolute Gasteiger partial charge is 0.541 e. The van der Waals surface area contributed by atoms with Crippen molar-refractivity contribution in [3.8, 4) is 23.1 Å². The molecule has 2 aromatic carbocycles. The number of halogens is 1. The molecule has 1 aromatic heterocycles. The number of hydrogen-bond donors (Lipinski definition) is 3. The number of nitrogens with zero attached hydrogens (tertiary/aromatic N) is 1. The molecule has 0 radical (unpaired) electrons. The molecule has 0 fully saturated rings. The Balaban J connectivity index is 2.32. The van der Waals surface area contributed by atoms with E-state index in [9.17, 15) is 28.9 Å². The lowest BCUT2D eigenvalue weighted by atomic mass is 9.78. The van der Waals surface area contributed by atoms with Crippen LogP contribution >= 0.6 is 8.03 Å². The lowest BCUT2D eigenvalue weighted by molar-refractivity contribution is -0.146. The molecule has 0 saturated carbocycles. The van der Waals surface area contributed by atoms with E-state index in [-0.39, 0.29) is 11.6 Å². The number of carboxylic acid groups (broad SMARTS) is 1. The SMILES string of the molecule is CC(C)C#CC(C(=O)O)([P+](=O)O)C(O)(Cc1ccc(F)cc1)c1cccc(-c2ccccc2)n1. The topological polar surface area (TPSA) is 108 Å². The summed E-state index contributed by atoms with van der Waals surface area (Å²) >= 11 is 0. The zero-order valence-corrected chi connectivity index (χ0v) is 19.5. The highest BCUT2D eigenvalue weighted by atomic mass is 31.1. The van der Waals surface area contributed by atoms with Gasteiger partial charge in [-0.15, -0.1) is 0 Å². The molecule has 0 bridgehead atoms. The Kier molecular flexibility index (Phi) is 7.58. The number of benzene rings is 2. The molecule has 174 valence electrons. The molecule has 34 heavy (non-hydrogen) atoms. The van der Waals surface area contributed by atoms with Crippen molar-refractivity contribution in [1.29, 1.82) is 0 Å². The Bertz CT molecular complexity index is 1240. The second kappa shape index (κ2) is 10.2. The lowest BCUT2D eigenvalue weighted by Gasteiger charge is -2.33. The summed E-state index contributed by atoms with van der Waals surface area (Å²) in [5.41, 5.74) is -1.21. The molecule has 1 heterocycles. The standard InChI is InChI=1S/C26H23FNO5P/c1-18(2)15-16-26(24(29)30,34(32)33)25(31,17-19-11-13-21(27)14-12-19)23-10-6-9-22(28-23)20-7-4-3-5-8-20/h3-14,18,31H,17H2,1-2H3,(H-,29,30,32,33)/p+1. The smallest absolute Gasteiger partial charge is 0.477 e. The number of carboxylic acids is 1. The van der Waals surface area contributed by atoms with Gasteiger partial charge in [-0.05, 0) is 40.3 Å². The summed E-state index contributed by atoms with van der Waals surface area (Å²) in [7, 11) is -3.58. The maximum atomic E-state index is 13.5. The van der Waals surface area contributed by atoms with Crippen LogP contribution in [0.4, 0.5) is 4.39 Å². The highest BCUT2D eigenvalue weighted by molar-refractivity contribution is 7.42. The van der Waals surface area contributed by atoms with E-state index in [4.69, 9.17) is 0 Å². The Morgan fingerprint density at radius 1 is 1.06 bits per heavy atom. The van der Waals surface area contributed by atoms with Crippen LogP contribution in [0.25, 0.3) is 11.3 Å². The van der Waals surface area contributed by atoms with Gasteiger partial charge >= 0.3 is 19.2 Å². The van der Waals surface area contributed by atoms with E-state index in [0.717, 1.165) is 12.1 Å². The van der Waals surface area contributed by atoms with Crippen molar-refractivity contribution in [1.82, 2.24) is 4.98 Å². The summed E-state index contributed by atoms with van der Waals surface area (Å²) in [5, 5.41) is 19.5. The van der Waals surface area contributed by atoms with Gasteiger partial charge in [-0.1, -0.05) is 68.3 Å². The Labute approximate surface area is 198 Å². The van der Waals surface area contributed by atoms with E-state index in [1.54, 1.807) is 50.2 Å². The van der Waals surface area contributed by atoms with Crippen LogP contribution in [-0.4, -0.2) is 31.2 Å². The Morgan fingerprint density at radius 3 is 2.26 bits per heavy atom. The molecule has 0 amide bonds. The molecular weight excluding hydrogens is 456 g/mol. The van der Waals surface area contributed by atoms with Crippen molar-refractivity contribution in [2.24, 2.45) is 5.92 Å². The summed E-state index contributed by atoms with van der Waals surface area (Å²) in [6.07, 6.45) is -0.445. The van der Waals surface area contributed by atoms with Crippen LogP contribution in [0.5, 0.6) is 0 Å². The molecular formula is C26H24FNO5P+. The number of carbonyl (C=O) groups is 1. The molecule has 3 unspecified atom stereocenters. The minimum absolute atomic E-state index is 0.143. The summed E-state index contributed by atoms with van der Waals surface area (Å²) in [6.45, 7) is 3.38. The second-order valence-corrected chi connectivity index (χ2v) is 9.37. The van der Waals surface area contributed by atoms with Crippen LogP contribution in [-0.2, 0) is 21.4 Å². The van der Waals surface area contributed by atoms with Gasteiger partial charge < -0.3 is 10.2 Å². The molecule has 6 nitrogen and oxygen atoms in total. The Hall–Kier alpha value is -3.43. The number of pyridine rings is 1. The van der Waals surface area contributed by atoms with Crippen molar-refractivity contribution >= 4 is 14.0 Å². The zero-order valence-electron chi connectivity index (χ0n) is 18.6. The number of aliphatic carboxylic acids is 1. The molecule has 0 spiro atoms. The summed E-state index contributed by atoms with van der Waals surface area (Å²) in [6, 6.07) is 18.7. The van der Waals surface area contributed by atoms with Gasteiger partial charge in [-0.2, -0.15) is 4.89 Å². The monoisotopic (exact) mass is 480 g/mol. The third-order valence-electron chi connectivity index (χ3n) is 5.35.